The van der Waals surface area contributed by atoms with Crippen LogP contribution in [0.3, 0.4) is 0 Å². The van der Waals surface area contributed by atoms with Gasteiger partial charge in [0.25, 0.3) is 0 Å². The molecule has 394 valence electrons. The van der Waals surface area contributed by atoms with E-state index in [9.17, 15) is 52.7 Å². The Hall–Kier alpha value is -3.06. The summed E-state index contributed by atoms with van der Waals surface area (Å²) >= 11 is -0.826. The van der Waals surface area contributed by atoms with Crippen molar-refractivity contribution in [1.29, 1.82) is 0 Å². The maximum atomic E-state index is 13.4. The van der Waals surface area contributed by atoms with Crippen LogP contribution in [0.15, 0.2) is 97.1 Å². The molecule has 74 heavy (non-hydrogen) atoms. The topological polar surface area (TPSA) is 0 Å². The fraction of sp³-hybridized carbons (Fsp3) is 0.483. The van der Waals surface area contributed by atoms with E-state index in [4.69, 9.17) is 17.0 Å². The van der Waals surface area contributed by atoms with Crippen LogP contribution in [0.5, 0.6) is 0 Å². The first kappa shape index (κ1) is 55.7. The zero-order chi connectivity index (χ0) is 53.2. The van der Waals surface area contributed by atoms with Gasteiger partial charge in [0.15, 0.2) is 0 Å². The van der Waals surface area contributed by atoms with E-state index < -0.39 is 67.8 Å². The van der Waals surface area contributed by atoms with Gasteiger partial charge in [0.05, 0.1) is 22.3 Å². The molecule has 0 heterocycles. The minimum atomic E-state index is -4.86. The third kappa shape index (κ3) is 12.3. The summed E-state index contributed by atoms with van der Waals surface area (Å²) in [5.74, 6) is 4.90. The van der Waals surface area contributed by atoms with Gasteiger partial charge in [-0.2, -0.15) is 64.8 Å². The van der Waals surface area contributed by atoms with Crippen LogP contribution >= 0.6 is 17.0 Å². The summed E-state index contributed by atoms with van der Waals surface area (Å²) in [5, 5.41) is 3.16. The van der Waals surface area contributed by atoms with Gasteiger partial charge in [0, 0.05) is 9.52 Å². The Labute approximate surface area is 445 Å². The predicted molar refractivity (Wildman–Crippen MR) is 268 cm³/mol. The molecule has 0 unspecified atom stereocenters. The summed E-state index contributed by atoms with van der Waals surface area (Å²) < 4.78 is 161. The van der Waals surface area contributed by atoms with E-state index in [0.717, 1.165) is 115 Å². The quantitative estimate of drug-likeness (QED) is 0.0886. The zero-order valence-electron chi connectivity index (χ0n) is 40.9. The first-order chi connectivity index (χ1) is 34.8. The van der Waals surface area contributed by atoms with Crippen molar-refractivity contribution in [2.45, 2.75) is 128 Å². The normalized spacial score (nSPS) is 26.8. The van der Waals surface area contributed by atoms with Gasteiger partial charge < -0.3 is 0 Å². The Balaban J connectivity index is 0.000000165. The van der Waals surface area contributed by atoms with Crippen LogP contribution < -0.4 is 0 Å². The Morgan fingerprint density at radius 3 is 0.959 bits per heavy atom. The van der Waals surface area contributed by atoms with E-state index in [1.165, 1.54) is 77.0 Å². The van der Waals surface area contributed by atoms with Crippen molar-refractivity contribution >= 4 is 48.1 Å². The second-order valence-electron chi connectivity index (χ2n) is 22.7. The average Bonchev–Trinajstić information content (AvgIpc) is 3.90. The Morgan fingerprint density at radius 2 is 0.716 bits per heavy atom. The number of hydrogen-bond donors (Lipinski definition) is 0. The molecule has 8 bridgehead atoms. The molecule has 0 aliphatic heterocycles. The van der Waals surface area contributed by atoms with Gasteiger partial charge in [-0.1, -0.05) is 36.4 Å². The molecule has 16 heteroatoms. The SMILES string of the molecule is C[Si]C.FC(F)(F)c1cc(-c2cccc3[cH-]c(CC45CC6CC(CC(C6)C4)C5)cc23)cc(C(F)(F)F)c1.FC(F)(F)c1cc(-c2cccc3[cH-]c(CC45CC6CC(CC(C6)C4)C5)cc23)cc(C(F)(F)F)c1.[Cl][Zr+2][Cl]. The molecule has 0 saturated heterocycles. The molecule has 8 aliphatic carbocycles. The Kier molecular flexibility index (Phi) is 16.0. The van der Waals surface area contributed by atoms with Crippen molar-refractivity contribution in [3.05, 3.63) is 130 Å². The average molecular weight is 1170 g/mol. The van der Waals surface area contributed by atoms with Crippen LogP contribution in [-0.4, -0.2) is 9.52 Å². The summed E-state index contributed by atoms with van der Waals surface area (Å²) in [7, 11) is 11.0. The molecule has 2 radical (unpaired) electrons. The van der Waals surface area contributed by atoms with Gasteiger partial charge in [-0.15, -0.1) is 69.1 Å². The molecule has 6 aromatic rings. The van der Waals surface area contributed by atoms with Gasteiger partial charge in [-0.05, 0) is 184 Å². The maximum absolute atomic E-state index is 13.4. The summed E-state index contributed by atoms with van der Waals surface area (Å²) in [5.41, 5.74) is -1.53. The molecule has 8 aliphatic rings. The van der Waals surface area contributed by atoms with Crippen molar-refractivity contribution in [3.8, 4) is 22.3 Å². The molecule has 0 aromatic heterocycles. The first-order valence-electron chi connectivity index (χ1n) is 25.3. The monoisotopic (exact) mass is 1170 g/mol. The molecular weight excluding hydrogens is 1110 g/mol. The van der Waals surface area contributed by atoms with Crippen LogP contribution in [0.1, 0.15) is 110 Å². The molecule has 0 amide bonds. The summed E-state index contributed by atoms with van der Waals surface area (Å²) in [6.45, 7) is 4.31. The fourth-order valence-corrected chi connectivity index (χ4v) is 15.4. The Morgan fingerprint density at radius 1 is 0.459 bits per heavy atom. The van der Waals surface area contributed by atoms with Gasteiger partial charge in [-0.3, -0.25) is 0 Å². The van der Waals surface area contributed by atoms with E-state index in [0.29, 0.717) is 22.0 Å². The van der Waals surface area contributed by atoms with Crippen LogP contribution in [0, 0.1) is 46.3 Å². The summed E-state index contributed by atoms with van der Waals surface area (Å²) in [6, 6.07) is 22.3. The second-order valence-corrected chi connectivity index (χ2v) is 27.4. The van der Waals surface area contributed by atoms with Crippen LogP contribution in [-0.2, 0) is 58.4 Å². The molecule has 0 nitrogen and oxygen atoms in total. The molecule has 0 atom stereocenters. The molecule has 6 aromatic carbocycles. The van der Waals surface area contributed by atoms with Crippen molar-refractivity contribution < 1.29 is 73.5 Å². The fourth-order valence-electron chi connectivity index (χ4n) is 15.4. The van der Waals surface area contributed by atoms with Crippen LogP contribution in [0.25, 0.3) is 43.8 Å². The number of benzene rings is 4. The van der Waals surface area contributed by atoms with Gasteiger partial charge in [0.1, 0.15) is 0 Å². The third-order valence-corrected chi connectivity index (χ3v) is 16.9. The predicted octanol–water partition coefficient (Wildman–Crippen LogP) is 20.2. The van der Waals surface area contributed by atoms with Gasteiger partial charge in [-0.25, -0.2) is 0 Å². The van der Waals surface area contributed by atoms with Crippen molar-refractivity contribution in [2.75, 3.05) is 0 Å². The Bertz CT molecular complexity index is 2610. The standard InChI is InChI=1S/2C28H25F6.C2H6Si.2ClH.Zr/c2*29-27(30,31)22-9-21(10-23(11-22)28(32,33)34)24-3-1-2-20-7-19(8-25(20)24)15-26-12-16-4-17(13-26)6-18(5-16)14-26;1-3-2;;;/h2*1-3,7-11,16-18H,4-6,12-15H2;1-2H3;2*1H;/q2*-1;;;;+4/p-2. The number of halogens is 14. The summed E-state index contributed by atoms with van der Waals surface area (Å²) in [6.07, 6.45) is -1.98. The molecule has 0 spiro atoms. The molecular formula is C58H56Cl2F12SiZr. The van der Waals surface area contributed by atoms with Gasteiger partial charge in [0.2, 0.25) is 0 Å². The van der Waals surface area contributed by atoms with E-state index in [2.05, 4.69) is 25.2 Å². The third-order valence-electron chi connectivity index (χ3n) is 16.9. The molecule has 8 saturated carbocycles. The molecule has 8 fully saturated rings. The van der Waals surface area contributed by atoms with E-state index in [-0.39, 0.29) is 23.3 Å². The number of fused-ring (bicyclic) bond motifs is 2. The van der Waals surface area contributed by atoms with E-state index in [1.54, 1.807) is 24.3 Å². The van der Waals surface area contributed by atoms with Crippen LogP contribution in [0.4, 0.5) is 52.7 Å². The van der Waals surface area contributed by atoms with Crippen molar-refractivity contribution in [2.24, 2.45) is 46.3 Å². The minimum absolute atomic E-state index is 0.0558. The first-order valence-corrected chi connectivity index (χ1v) is 33.6. The van der Waals surface area contributed by atoms with Crippen LogP contribution in [0.2, 0.25) is 13.1 Å². The van der Waals surface area contributed by atoms with E-state index >= 15 is 0 Å². The van der Waals surface area contributed by atoms with Crippen molar-refractivity contribution in [1.82, 2.24) is 0 Å². The number of rotatable bonds is 6. The van der Waals surface area contributed by atoms with Crippen molar-refractivity contribution in [3.63, 3.8) is 0 Å². The number of alkyl halides is 12. The molecule has 0 N–H and O–H groups in total. The number of hydrogen-bond acceptors (Lipinski definition) is 0. The van der Waals surface area contributed by atoms with E-state index in [1.807, 2.05) is 24.3 Å². The summed E-state index contributed by atoms with van der Waals surface area (Å²) in [4.78, 5) is 0. The van der Waals surface area contributed by atoms with Gasteiger partial charge >= 0.3 is 62.6 Å². The molecule has 14 rings (SSSR count). The zero-order valence-corrected chi connectivity index (χ0v) is 45.9. The second kappa shape index (κ2) is 21.3.